The number of fused-ring (bicyclic) bond motifs is 1. The van der Waals surface area contributed by atoms with Gasteiger partial charge in [-0.1, -0.05) is 28.8 Å². The molecule has 0 bridgehead atoms. The fourth-order valence-corrected chi connectivity index (χ4v) is 3.35. The predicted octanol–water partition coefficient (Wildman–Crippen LogP) is 3.79. The maximum atomic E-state index is 6.37. The van der Waals surface area contributed by atoms with E-state index in [-0.39, 0.29) is 18.4 Å². The smallest absolute Gasteiger partial charge is 0.231 e. The summed E-state index contributed by atoms with van der Waals surface area (Å²) in [5.74, 6) is 2.22. The Morgan fingerprint density at radius 3 is 2.44 bits per heavy atom. The molecule has 1 fully saturated rings. The summed E-state index contributed by atoms with van der Waals surface area (Å²) in [4.78, 5) is 0. The van der Waals surface area contributed by atoms with E-state index in [1.807, 2.05) is 12.1 Å². The highest BCUT2D eigenvalue weighted by molar-refractivity contribution is 9.10. The summed E-state index contributed by atoms with van der Waals surface area (Å²) in [6.45, 7) is 0.309. The van der Waals surface area contributed by atoms with Gasteiger partial charge in [0.05, 0.1) is 0 Å². The molecule has 0 amide bonds. The zero-order valence-electron chi connectivity index (χ0n) is 10.0. The second kappa shape index (κ2) is 5.68. The number of hydrogen-bond donors (Lipinski definition) is 1. The van der Waals surface area contributed by atoms with Crippen molar-refractivity contribution in [2.75, 3.05) is 6.79 Å². The van der Waals surface area contributed by atoms with E-state index in [1.54, 1.807) is 0 Å². The minimum Gasteiger partial charge on any atom is -0.454 e. The molecule has 3 rings (SSSR count). The fraction of sp³-hybridized carbons (Fsp3) is 0.538. The van der Waals surface area contributed by atoms with Crippen molar-refractivity contribution in [3.05, 3.63) is 22.2 Å². The van der Waals surface area contributed by atoms with Crippen molar-refractivity contribution in [3.63, 3.8) is 0 Å². The standard InChI is InChI=1S/C13H16BrNO2.ClH/c14-10-6-12-11(16-7-17-12)5-9(10)13(15)8-3-1-2-4-8;/h5-6,8,13H,1-4,7,15H2;1H/t13-;/m0./s1. The summed E-state index contributed by atoms with van der Waals surface area (Å²) in [5, 5.41) is 0. The Kier molecular flexibility index (Phi) is 4.41. The van der Waals surface area contributed by atoms with E-state index in [0.29, 0.717) is 12.7 Å². The Morgan fingerprint density at radius 1 is 1.17 bits per heavy atom. The molecule has 1 aromatic rings. The van der Waals surface area contributed by atoms with Crippen LogP contribution in [0, 0.1) is 5.92 Å². The summed E-state index contributed by atoms with van der Waals surface area (Å²) < 4.78 is 11.8. The highest BCUT2D eigenvalue weighted by Crippen LogP contribution is 2.42. The lowest BCUT2D eigenvalue weighted by atomic mass is 9.92. The topological polar surface area (TPSA) is 44.5 Å². The molecule has 100 valence electrons. The van der Waals surface area contributed by atoms with E-state index >= 15 is 0 Å². The Balaban J connectivity index is 0.00000120. The molecule has 1 aromatic carbocycles. The first-order valence-corrected chi connectivity index (χ1v) is 6.89. The van der Waals surface area contributed by atoms with Crippen LogP contribution in [0.15, 0.2) is 16.6 Å². The monoisotopic (exact) mass is 333 g/mol. The van der Waals surface area contributed by atoms with Crippen molar-refractivity contribution < 1.29 is 9.47 Å². The minimum atomic E-state index is 0. The molecule has 0 aromatic heterocycles. The third kappa shape index (κ3) is 2.46. The molecular weight excluding hydrogens is 318 g/mol. The van der Waals surface area contributed by atoms with Crippen LogP contribution < -0.4 is 15.2 Å². The molecule has 3 nitrogen and oxygen atoms in total. The van der Waals surface area contributed by atoms with Crippen LogP contribution in [0.5, 0.6) is 11.5 Å². The van der Waals surface area contributed by atoms with Crippen LogP contribution in [0.2, 0.25) is 0 Å². The molecule has 1 heterocycles. The van der Waals surface area contributed by atoms with Gasteiger partial charge in [-0.05, 0) is 36.5 Å². The van der Waals surface area contributed by atoms with Crippen molar-refractivity contribution in [1.82, 2.24) is 0 Å². The predicted molar refractivity (Wildman–Crippen MR) is 76.4 cm³/mol. The Bertz CT molecular complexity index is 435. The third-order valence-corrected chi connectivity index (χ3v) is 4.45. The van der Waals surface area contributed by atoms with E-state index in [4.69, 9.17) is 15.2 Å². The molecule has 2 N–H and O–H groups in total. The largest absolute Gasteiger partial charge is 0.454 e. The zero-order chi connectivity index (χ0) is 11.8. The van der Waals surface area contributed by atoms with Gasteiger partial charge in [-0.2, -0.15) is 0 Å². The van der Waals surface area contributed by atoms with Gasteiger partial charge in [-0.3, -0.25) is 0 Å². The molecule has 0 radical (unpaired) electrons. The summed E-state index contributed by atoms with van der Waals surface area (Å²) in [7, 11) is 0. The number of ether oxygens (including phenoxy) is 2. The van der Waals surface area contributed by atoms with Gasteiger partial charge in [0.15, 0.2) is 11.5 Å². The molecule has 18 heavy (non-hydrogen) atoms. The number of benzene rings is 1. The van der Waals surface area contributed by atoms with Crippen LogP contribution in [0.1, 0.15) is 37.3 Å². The van der Waals surface area contributed by atoms with E-state index in [9.17, 15) is 0 Å². The molecule has 1 aliphatic carbocycles. The third-order valence-electron chi connectivity index (χ3n) is 3.76. The quantitative estimate of drug-likeness (QED) is 0.895. The van der Waals surface area contributed by atoms with Gasteiger partial charge in [0, 0.05) is 10.5 Å². The first kappa shape index (κ1) is 14.0. The lowest BCUT2D eigenvalue weighted by molar-refractivity contribution is 0.174. The van der Waals surface area contributed by atoms with Crippen LogP contribution in [-0.2, 0) is 0 Å². The number of hydrogen-bond acceptors (Lipinski definition) is 3. The average Bonchev–Trinajstić information content (AvgIpc) is 2.97. The SMILES string of the molecule is Cl.N[C@H](c1cc2c(cc1Br)OCO2)C1CCCC1. The molecule has 0 unspecified atom stereocenters. The Hall–Kier alpha value is -0.450. The average molecular weight is 335 g/mol. The fourth-order valence-electron chi connectivity index (χ4n) is 2.76. The van der Waals surface area contributed by atoms with Gasteiger partial charge in [0.2, 0.25) is 6.79 Å². The van der Waals surface area contributed by atoms with Gasteiger partial charge in [0.1, 0.15) is 0 Å². The molecule has 0 saturated heterocycles. The van der Waals surface area contributed by atoms with Crippen molar-refractivity contribution in [1.29, 1.82) is 0 Å². The maximum Gasteiger partial charge on any atom is 0.231 e. The van der Waals surface area contributed by atoms with Gasteiger partial charge in [0.25, 0.3) is 0 Å². The lowest BCUT2D eigenvalue weighted by Crippen LogP contribution is -2.19. The van der Waals surface area contributed by atoms with Gasteiger partial charge < -0.3 is 15.2 Å². The molecule has 5 heteroatoms. The molecule has 1 aliphatic heterocycles. The van der Waals surface area contributed by atoms with Crippen LogP contribution in [-0.4, -0.2) is 6.79 Å². The van der Waals surface area contributed by atoms with Crippen molar-refractivity contribution in [2.24, 2.45) is 11.7 Å². The van der Waals surface area contributed by atoms with Gasteiger partial charge in [-0.25, -0.2) is 0 Å². The minimum absolute atomic E-state index is 0. The molecule has 1 atom stereocenters. The summed E-state index contributed by atoms with van der Waals surface area (Å²) in [6, 6.07) is 4.09. The van der Waals surface area contributed by atoms with E-state index in [2.05, 4.69) is 15.9 Å². The van der Waals surface area contributed by atoms with Crippen LogP contribution in [0.3, 0.4) is 0 Å². The van der Waals surface area contributed by atoms with Crippen molar-refractivity contribution in [3.8, 4) is 11.5 Å². The summed E-state index contributed by atoms with van der Waals surface area (Å²) in [5.41, 5.74) is 7.51. The number of rotatable bonds is 2. The molecular formula is C13H17BrClNO2. The van der Waals surface area contributed by atoms with Crippen LogP contribution in [0.25, 0.3) is 0 Å². The van der Waals surface area contributed by atoms with E-state index < -0.39 is 0 Å². The Morgan fingerprint density at radius 2 is 1.78 bits per heavy atom. The lowest BCUT2D eigenvalue weighted by Gasteiger charge is -2.20. The number of nitrogens with two attached hydrogens (primary N) is 1. The highest BCUT2D eigenvalue weighted by atomic mass is 79.9. The van der Waals surface area contributed by atoms with E-state index in [0.717, 1.165) is 21.5 Å². The maximum absolute atomic E-state index is 6.37. The summed E-state index contributed by atoms with van der Waals surface area (Å²) >= 11 is 3.58. The van der Waals surface area contributed by atoms with Crippen LogP contribution >= 0.6 is 28.3 Å². The van der Waals surface area contributed by atoms with Gasteiger partial charge in [-0.15, -0.1) is 12.4 Å². The van der Waals surface area contributed by atoms with Crippen LogP contribution in [0.4, 0.5) is 0 Å². The first-order chi connectivity index (χ1) is 8.25. The first-order valence-electron chi connectivity index (χ1n) is 6.10. The van der Waals surface area contributed by atoms with Crippen molar-refractivity contribution >= 4 is 28.3 Å². The second-order valence-corrected chi connectivity index (χ2v) is 5.65. The zero-order valence-corrected chi connectivity index (χ0v) is 12.4. The van der Waals surface area contributed by atoms with Gasteiger partial charge >= 0.3 is 0 Å². The summed E-state index contributed by atoms with van der Waals surface area (Å²) in [6.07, 6.45) is 5.09. The molecule has 2 aliphatic rings. The second-order valence-electron chi connectivity index (χ2n) is 4.80. The van der Waals surface area contributed by atoms with Crippen molar-refractivity contribution in [2.45, 2.75) is 31.7 Å². The number of halogens is 2. The highest BCUT2D eigenvalue weighted by Gasteiger charge is 2.26. The Labute approximate surface area is 122 Å². The molecule has 1 saturated carbocycles. The normalized spacial score (nSPS) is 19.7. The van der Waals surface area contributed by atoms with E-state index in [1.165, 1.54) is 25.7 Å². The molecule has 0 spiro atoms.